The highest BCUT2D eigenvalue weighted by Crippen LogP contribution is 2.30. The zero-order valence-electron chi connectivity index (χ0n) is 17.8. The van der Waals surface area contributed by atoms with E-state index in [1.165, 1.54) is 5.57 Å². The molecule has 0 radical (unpaired) electrons. The molecular formula is C26H25N3OS. The van der Waals surface area contributed by atoms with E-state index < -0.39 is 0 Å². The second-order valence-electron chi connectivity index (χ2n) is 7.96. The van der Waals surface area contributed by atoms with Gasteiger partial charge < -0.3 is 0 Å². The van der Waals surface area contributed by atoms with E-state index >= 15 is 0 Å². The summed E-state index contributed by atoms with van der Waals surface area (Å²) < 4.78 is 1.14. The lowest BCUT2D eigenvalue weighted by molar-refractivity contribution is -0.122. The van der Waals surface area contributed by atoms with Crippen molar-refractivity contribution >= 4 is 33.0 Å². The van der Waals surface area contributed by atoms with Crippen LogP contribution >= 0.6 is 11.3 Å². The quantitative estimate of drug-likeness (QED) is 0.660. The molecule has 1 aromatic heterocycles. The number of hydrogen-bond acceptors (Lipinski definition) is 4. The Morgan fingerprint density at radius 3 is 2.87 bits per heavy atom. The van der Waals surface area contributed by atoms with Crippen LogP contribution < -0.4 is 0 Å². The Hall–Kier alpha value is -3.02. The summed E-state index contributed by atoms with van der Waals surface area (Å²) in [7, 11) is 0. The van der Waals surface area contributed by atoms with Crippen molar-refractivity contribution in [2.45, 2.75) is 20.3 Å². The van der Waals surface area contributed by atoms with Gasteiger partial charge in [0.25, 0.3) is 5.91 Å². The summed E-state index contributed by atoms with van der Waals surface area (Å²) in [5.74, 6) is -0.0281. The van der Waals surface area contributed by atoms with Crippen LogP contribution in [-0.2, 0) is 4.79 Å². The number of hydrogen-bond donors (Lipinski definition) is 0. The van der Waals surface area contributed by atoms with Crippen molar-refractivity contribution in [1.82, 2.24) is 14.8 Å². The van der Waals surface area contributed by atoms with E-state index in [1.807, 2.05) is 49.6 Å². The van der Waals surface area contributed by atoms with Gasteiger partial charge in [-0.25, -0.2) is 4.98 Å². The van der Waals surface area contributed by atoms with Crippen LogP contribution in [0.2, 0.25) is 0 Å². The lowest BCUT2D eigenvalue weighted by Crippen LogP contribution is -2.30. The van der Waals surface area contributed by atoms with Crippen molar-refractivity contribution in [2.24, 2.45) is 0 Å². The third-order valence-electron chi connectivity index (χ3n) is 5.98. The summed E-state index contributed by atoms with van der Waals surface area (Å²) in [5.41, 5.74) is 6.28. The van der Waals surface area contributed by atoms with Crippen LogP contribution in [0.15, 0.2) is 83.8 Å². The summed E-state index contributed by atoms with van der Waals surface area (Å²) in [6, 6.07) is 6.20. The summed E-state index contributed by atoms with van der Waals surface area (Å²) in [4.78, 5) is 22.0. The average molecular weight is 428 g/mol. The number of carbonyl (C=O) groups is 1. The number of allylic oxidation sites excluding steroid dienone is 7. The maximum Gasteiger partial charge on any atom is 0.255 e. The Labute approximate surface area is 186 Å². The fraction of sp³-hybridized carbons (Fsp3) is 0.231. The molecule has 0 atom stereocenters. The van der Waals surface area contributed by atoms with Crippen molar-refractivity contribution in [3.8, 4) is 0 Å². The number of benzene rings is 1. The highest BCUT2D eigenvalue weighted by Gasteiger charge is 2.21. The highest BCUT2D eigenvalue weighted by molar-refractivity contribution is 7.18. The molecule has 5 heteroatoms. The van der Waals surface area contributed by atoms with E-state index in [4.69, 9.17) is 0 Å². The van der Waals surface area contributed by atoms with Crippen LogP contribution in [0.25, 0.3) is 15.8 Å². The minimum Gasteiger partial charge on any atom is -0.300 e. The number of rotatable bonds is 3. The van der Waals surface area contributed by atoms with Crippen molar-refractivity contribution in [2.75, 3.05) is 19.6 Å². The fourth-order valence-electron chi connectivity index (χ4n) is 4.19. The summed E-state index contributed by atoms with van der Waals surface area (Å²) in [6.07, 6.45) is 17.2. The first-order chi connectivity index (χ1) is 15.1. The largest absolute Gasteiger partial charge is 0.300 e. The van der Waals surface area contributed by atoms with Crippen LogP contribution in [0.1, 0.15) is 23.9 Å². The van der Waals surface area contributed by atoms with Gasteiger partial charge in [0.15, 0.2) is 0 Å². The molecule has 5 rings (SSSR count). The van der Waals surface area contributed by atoms with E-state index in [-0.39, 0.29) is 5.91 Å². The van der Waals surface area contributed by atoms with Gasteiger partial charge in [0.05, 0.1) is 15.2 Å². The molecule has 0 aliphatic carbocycles. The van der Waals surface area contributed by atoms with Gasteiger partial charge in [-0.15, -0.1) is 11.3 Å². The molecule has 31 heavy (non-hydrogen) atoms. The van der Waals surface area contributed by atoms with Gasteiger partial charge in [0.1, 0.15) is 0 Å². The fourth-order valence-corrected chi connectivity index (χ4v) is 5.06. The second kappa shape index (κ2) is 8.25. The third-order valence-corrected chi connectivity index (χ3v) is 6.91. The Morgan fingerprint density at radius 1 is 1.16 bits per heavy atom. The maximum absolute atomic E-state index is 13.2. The minimum atomic E-state index is -0.0281. The number of amides is 1. The van der Waals surface area contributed by atoms with Crippen LogP contribution in [0.5, 0.6) is 0 Å². The molecule has 0 N–H and O–H groups in total. The van der Waals surface area contributed by atoms with Gasteiger partial charge in [0, 0.05) is 31.1 Å². The smallest absolute Gasteiger partial charge is 0.255 e. The zero-order chi connectivity index (χ0) is 21.4. The Morgan fingerprint density at radius 2 is 2.06 bits per heavy atom. The monoisotopic (exact) mass is 427 g/mol. The number of aryl methyl sites for hydroxylation is 1. The summed E-state index contributed by atoms with van der Waals surface area (Å²) in [5, 5.41) is 1.05. The lowest BCUT2D eigenvalue weighted by Gasteiger charge is -2.28. The van der Waals surface area contributed by atoms with Crippen LogP contribution in [0.3, 0.4) is 0 Å². The standard InChI is InChI=1S/C26H25N3OS/c1-3-28-13-11-19(12-14-28)22-7-9-23-6-4-5-20(16-26(30)29(23)17-22)21-8-10-24-25(15-21)31-18(2)27-24/h4-11,15-17H,3,12-14H2,1-2H3/b5-4+,20-16+,23-6?. The van der Waals surface area contributed by atoms with Gasteiger partial charge in [-0.3, -0.25) is 14.6 Å². The van der Waals surface area contributed by atoms with Gasteiger partial charge in [-0.1, -0.05) is 37.3 Å². The number of nitrogens with zero attached hydrogens (tertiary/aromatic N) is 3. The number of carbonyl (C=O) groups excluding carboxylic acids is 1. The lowest BCUT2D eigenvalue weighted by atomic mass is 9.96. The zero-order valence-corrected chi connectivity index (χ0v) is 18.7. The molecule has 2 aromatic rings. The molecule has 0 bridgehead atoms. The number of aromatic nitrogens is 1. The SMILES string of the molecule is CCN1CC=C(C2=CN3C(=O)/C=C(c4ccc5nc(C)sc5c4)\C=C\C=C3C=C2)CC1. The first-order valence-corrected chi connectivity index (χ1v) is 11.5. The molecule has 1 aromatic carbocycles. The van der Waals surface area contributed by atoms with Gasteiger partial charge in [-0.2, -0.15) is 0 Å². The molecule has 0 unspecified atom stereocenters. The van der Waals surface area contributed by atoms with Crippen LogP contribution in [0, 0.1) is 6.92 Å². The number of likely N-dealkylation sites (N-methyl/N-ethyl adjacent to an activating group) is 1. The van der Waals surface area contributed by atoms with Crippen LogP contribution in [0.4, 0.5) is 0 Å². The van der Waals surface area contributed by atoms with Crippen molar-refractivity contribution in [3.05, 3.63) is 94.3 Å². The van der Waals surface area contributed by atoms with E-state index in [9.17, 15) is 4.79 Å². The first kappa shape index (κ1) is 19.9. The molecule has 0 saturated heterocycles. The van der Waals surface area contributed by atoms with E-state index in [1.54, 1.807) is 22.3 Å². The van der Waals surface area contributed by atoms with E-state index in [0.717, 1.165) is 63.7 Å². The molecule has 0 fully saturated rings. The van der Waals surface area contributed by atoms with Crippen molar-refractivity contribution < 1.29 is 4.79 Å². The Balaban J connectivity index is 1.46. The highest BCUT2D eigenvalue weighted by atomic mass is 32.1. The van der Waals surface area contributed by atoms with Crippen molar-refractivity contribution in [3.63, 3.8) is 0 Å². The summed E-state index contributed by atoms with van der Waals surface area (Å²) >= 11 is 1.68. The van der Waals surface area contributed by atoms with Crippen molar-refractivity contribution in [1.29, 1.82) is 0 Å². The van der Waals surface area contributed by atoms with Gasteiger partial charge in [-0.05, 0) is 66.5 Å². The molecule has 0 saturated carbocycles. The molecule has 1 amide bonds. The van der Waals surface area contributed by atoms with E-state index in [0.29, 0.717) is 0 Å². The van der Waals surface area contributed by atoms with E-state index in [2.05, 4.69) is 35.0 Å². The normalized spacial score (nSPS) is 22.1. The number of thiazole rings is 1. The summed E-state index contributed by atoms with van der Waals surface area (Å²) in [6.45, 7) is 7.32. The first-order valence-electron chi connectivity index (χ1n) is 10.7. The topological polar surface area (TPSA) is 36.4 Å². The molecule has 0 spiro atoms. The predicted molar refractivity (Wildman–Crippen MR) is 128 cm³/mol. The molecular weight excluding hydrogens is 402 g/mol. The minimum absolute atomic E-state index is 0.0281. The Kier molecular flexibility index (Phi) is 5.30. The third kappa shape index (κ3) is 3.99. The molecule has 3 aliphatic rings. The average Bonchev–Trinajstić information content (AvgIpc) is 3.16. The molecule has 4 heterocycles. The number of fused-ring (bicyclic) bond motifs is 2. The second-order valence-corrected chi connectivity index (χ2v) is 9.20. The predicted octanol–water partition coefficient (Wildman–Crippen LogP) is 5.38. The van der Waals surface area contributed by atoms with Gasteiger partial charge >= 0.3 is 0 Å². The molecule has 156 valence electrons. The van der Waals surface area contributed by atoms with Gasteiger partial charge in [0.2, 0.25) is 0 Å². The Bertz CT molecular complexity index is 1240. The maximum atomic E-state index is 13.2. The molecule has 4 nitrogen and oxygen atoms in total. The molecule has 3 aliphatic heterocycles. The van der Waals surface area contributed by atoms with Crippen LogP contribution in [-0.4, -0.2) is 40.3 Å².